The second-order valence-electron chi connectivity index (χ2n) is 5.61. The molecule has 0 atom stereocenters. The second kappa shape index (κ2) is 6.00. The van der Waals surface area contributed by atoms with Crippen molar-refractivity contribution < 1.29 is 13.0 Å². The highest BCUT2D eigenvalue weighted by atomic mass is 32.2. The van der Waals surface area contributed by atoms with Crippen LogP contribution in [0.1, 0.15) is 0 Å². The van der Waals surface area contributed by atoms with E-state index in [2.05, 4.69) is 26.7 Å². The molecule has 0 aromatic heterocycles. The summed E-state index contributed by atoms with van der Waals surface area (Å²) < 4.78 is 32.7. The molecule has 5 heteroatoms. The monoisotopic (exact) mass is 298 g/mol. The molecule has 2 aromatic rings. The van der Waals surface area contributed by atoms with E-state index in [4.69, 9.17) is 0 Å². The Morgan fingerprint density at radius 2 is 1.37 bits per heavy atom. The quantitative estimate of drug-likeness (QED) is 0.599. The Labute approximate surface area is 115 Å². The predicted octanol–water partition coefficient (Wildman–Crippen LogP) is 3.27. The van der Waals surface area contributed by atoms with Crippen molar-refractivity contribution in [2.75, 3.05) is 26.7 Å². The molecule has 0 saturated heterocycles. The van der Waals surface area contributed by atoms with Gasteiger partial charge < -0.3 is 4.55 Å². The first-order valence-corrected chi connectivity index (χ1v) is 10.8. The molecule has 2 rings (SSSR count). The van der Waals surface area contributed by atoms with Gasteiger partial charge in [0.25, 0.3) is 0 Å². The molecular weight excluding hydrogens is 279 g/mol. The molecule has 0 heterocycles. The van der Waals surface area contributed by atoms with Crippen LogP contribution >= 0.6 is 7.26 Å². The molecule has 0 radical (unpaired) electrons. The van der Waals surface area contributed by atoms with Crippen LogP contribution in [-0.2, 0) is 10.1 Å². The zero-order chi connectivity index (χ0) is 14.7. The summed E-state index contributed by atoms with van der Waals surface area (Å²) in [4.78, 5) is -0.157. The van der Waals surface area contributed by atoms with Gasteiger partial charge >= 0.3 is 0 Å². The van der Waals surface area contributed by atoms with Gasteiger partial charge in [0.2, 0.25) is 0 Å². The topological polar surface area (TPSA) is 57.2 Å². The number of benzene rings is 2. The lowest BCUT2D eigenvalue weighted by Gasteiger charge is -2.09. The molecule has 0 fully saturated rings. The van der Waals surface area contributed by atoms with Crippen molar-refractivity contribution in [1.82, 2.24) is 0 Å². The maximum Gasteiger partial charge on any atom is 0.125 e. The third-order valence-corrected chi connectivity index (χ3v) is 2.91. The van der Waals surface area contributed by atoms with Crippen LogP contribution in [0.5, 0.6) is 0 Å². The first kappa shape index (κ1) is 16.1. The molecule has 104 valence electrons. The Bertz CT molecular complexity index is 646. The van der Waals surface area contributed by atoms with Crippen LogP contribution in [0.25, 0.3) is 10.8 Å². The van der Waals surface area contributed by atoms with Crippen LogP contribution < -0.4 is 0 Å². The van der Waals surface area contributed by atoms with E-state index in [1.165, 1.54) is 6.07 Å². The molecule has 0 N–H and O–H groups in total. The molecule has 0 bridgehead atoms. The summed E-state index contributed by atoms with van der Waals surface area (Å²) >= 11 is 0. The van der Waals surface area contributed by atoms with Crippen LogP contribution in [0, 0.1) is 0 Å². The SMILES string of the molecule is C[P+](C)(C)C.O=S(=O)([O-])c1cccc2ccccc12. The van der Waals surface area contributed by atoms with Gasteiger partial charge in [0.15, 0.2) is 0 Å². The molecule has 0 amide bonds. The molecule has 3 nitrogen and oxygen atoms in total. The molecule has 0 aliphatic rings. The highest BCUT2D eigenvalue weighted by molar-refractivity contribution is 7.86. The summed E-state index contributed by atoms with van der Waals surface area (Å²) in [6, 6.07) is 11.5. The lowest BCUT2D eigenvalue weighted by atomic mass is 10.1. The van der Waals surface area contributed by atoms with Crippen molar-refractivity contribution in [3.8, 4) is 0 Å². The highest BCUT2D eigenvalue weighted by Crippen LogP contribution is 2.40. The maximum absolute atomic E-state index is 10.9. The first-order chi connectivity index (χ1) is 8.59. The predicted molar refractivity (Wildman–Crippen MR) is 82.5 cm³/mol. The van der Waals surface area contributed by atoms with Crippen LogP contribution in [0.4, 0.5) is 0 Å². The molecule has 0 saturated carbocycles. The van der Waals surface area contributed by atoms with E-state index in [0.717, 1.165) is 5.39 Å². The summed E-state index contributed by atoms with van der Waals surface area (Å²) in [5.41, 5.74) is 0. The fraction of sp³-hybridized carbons (Fsp3) is 0.286. The lowest BCUT2D eigenvalue weighted by Crippen LogP contribution is -1.98. The molecule has 19 heavy (non-hydrogen) atoms. The molecule has 0 spiro atoms. The Hall–Kier alpha value is -0.960. The Kier molecular flexibility index (Phi) is 5.08. The first-order valence-electron chi connectivity index (χ1n) is 5.81. The second-order valence-corrected chi connectivity index (χ2v) is 12.3. The minimum Gasteiger partial charge on any atom is -0.744 e. The standard InChI is InChI=1S/C10H8O3S.C4H12P/c11-14(12,13)10-7-3-5-8-4-1-2-6-9(8)10;1-5(2,3)4/h1-7H,(H,11,12,13);1-4H3/q;+1/p-1. The third-order valence-electron chi connectivity index (χ3n) is 2.02. The molecule has 2 aromatic carbocycles. The maximum atomic E-state index is 10.9. The van der Waals surface area contributed by atoms with Crippen LogP contribution in [0.2, 0.25) is 0 Å². The van der Waals surface area contributed by atoms with E-state index < -0.39 is 10.1 Å². The van der Waals surface area contributed by atoms with Crippen molar-refractivity contribution in [2.24, 2.45) is 0 Å². The molecular formula is C14H19O3PS. The fourth-order valence-corrected chi connectivity index (χ4v) is 2.11. The van der Waals surface area contributed by atoms with E-state index in [1.807, 2.05) is 0 Å². The zero-order valence-electron chi connectivity index (χ0n) is 11.6. The van der Waals surface area contributed by atoms with Crippen LogP contribution in [-0.4, -0.2) is 39.6 Å². The molecule has 0 aliphatic heterocycles. The summed E-state index contributed by atoms with van der Waals surface area (Å²) in [5.74, 6) is 0. The Morgan fingerprint density at radius 3 is 1.89 bits per heavy atom. The number of hydrogen-bond acceptors (Lipinski definition) is 3. The highest BCUT2D eigenvalue weighted by Gasteiger charge is 2.05. The average molecular weight is 298 g/mol. The van der Waals surface area contributed by atoms with Crippen LogP contribution in [0.3, 0.4) is 0 Å². The van der Waals surface area contributed by atoms with Gasteiger partial charge in [-0.05, 0) is 16.8 Å². The van der Waals surface area contributed by atoms with E-state index in [-0.39, 0.29) is 12.2 Å². The van der Waals surface area contributed by atoms with Crippen molar-refractivity contribution in [1.29, 1.82) is 0 Å². The fourth-order valence-electron chi connectivity index (χ4n) is 1.41. The Balaban J connectivity index is 0.000000312. The largest absolute Gasteiger partial charge is 0.744 e. The van der Waals surface area contributed by atoms with Gasteiger partial charge in [-0.1, -0.05) is 36.4 Å². The van der Waals surface area contributed by atoms with E-state index in [0.29, 0.717) is 5.39 Å². The van der Waals surface area contributed by atoms with Gasteiger partial charge in [0.05, 0.1) is 4.90 Å². The smallest absolute Gasteiger partial charge is 0.125 e. The van der Waals surface area contributed by atoms with Crippen LogP contribution in [0.15, 0.2) is 47.4 Å². The van der Waals surface area contributed by atoms with Gasteiger partial charge in [0, 0.05) is 33.9 Å². The van der Waals surface area contributed by atoms with Crippen molar-refractivity contribution in [3.63, 3.8) is 0 Å². The van der Waals surface area contributed by atoms with E-state index in [1.54, 1.807) is 36.4 Å². The van der Waals surface area contributed by atoms with Crippen molar-refractivity contribution in [2.45, 2.75) is 4.90 Å². The normalized spacial score (nSPS) is 11.8. The lowest BCUT2D eigenvalue weighted by molar-refractivity contribution is 0.464. The average Bonchev–Trinajstić information content (AvgIpc) is 2.25. The van der Waals surface area contributed by atoms with Gasteiger partial charge in [-0.2, -0.15) is 0 Å². The van der Waals surface area contributed by atoms with E-state index in [9.17, 15) is 13.0 Å². The van der Waals surface area contributed by atoms with Gasteiger partial charge in [-0.15, -0.1) is 0 Å². The summed E-state index contributed by atoms with van der Waals surface area (Å²) in [6.45, 7) is 9.19. The molecule has 0 unspecified atom stereocenters. The van der Waals surface area contributed by atoms with Gasteiger partial charge in [-0.3, -0.25) is 0 Å². The van der Waals surface area contributed by atoms with Gasteiger partial charge in [-0.25, -0.2) is 8.42 Å². The zero-order valence-corrected chi connectivity index (χ0v) is 13.3. The van der Waals surface area contributed by atoms with E-state index >= 15 is 0 Å². The van der Waals surface area contributed by atoms with Gasteiger partial charge in [0.1, 0.15) is 10.1 Å². The minimum atomic E-state index is -4.38. The number of hydrogen-bond donors (Lipinski definition) is 0. The van der Waals surface area contributed by atoms with Crippen molar-refractivity contribution in [3.05, 3.63) is 42.5 Å². The third kappa shape index (κ3) is 5.68. The number of fused-ring (bicyclic) bond motifs is 1. The summed E-state index contributed by atoms with van der Waals surface area (Å²) in [6.07, 6.45) is 0. The Morgan fingerprint density at radius 1 is 0.895 bits per heavy atom. The minimum absolute atomic E-state index is 0.157. The summed E-state index contributed by atoms with van der Waals surface area (Å²) in [7, 11) is -4.77. The molecule has 0 aliphatic carbocycles. The summed E-state index contributed by atoms with van der Waals surface area (Å²) in [5, 5.41) is 1.23. The number of rotatable bonds is 1. The van der Waals surface area contributed by atoms with Crippen molar-refractivity contribution >= 4 is 28.2 Å².